The molecule has 3 nitrogen and oxygen atoms in total. The van der Waals surface area contributed by atoms with E-state index in [1.54, 1.807) is 17.1 Å². The van der Waals surface area contributed by atoms with E-state index in [0.717, 1.165) is 16.8 Å². The molecule has 3 aromatic rings. The average Bonchev–Trinajstić information content (AvgIpc) is 3.15. The van der Waals surface area contributed by atoms with Gasteiger partial charge in [0, 0.05) is 6.42 Å². The molecule has 4 heteroatoms. The molecule has 26 heavy (non-hydrogen) atoms. The highest BCUT2D eigenvalue weighted by Crippen LogP contribution is 2.34. The quantitative estimate of drug-likeness (QED) is 0.621. The smallest absolute Gasteiger partial charge is 0.267 e. The Kier molecular flexibility index (Phi) is 4.55. The second-order valence-corrected chi connectivity index (χ2v) is 6.58. The van der Waals surface area contributed by atoms with Crippen LogP contribution < -0.4 is 0 Å². The minimum Gasteiger partial charge on any atom is -0.267 e. The van der Waals surface area contributed by atoms with Gasteiger partial charge in [0.1, 0.15) is 0 Å². The monoisotopic (exact) mass is 360 g/mol. The maximum Gasteiger partial charge on any atom is 0.276 e. The maximum atomic E-state index is 13.2. The van der Waals surface area contributed by atoms with Gasteiger partial charge in [0.25, 0.3) is 5.91 Å². The molecule has 0 saturated heterocycles. The van der Waals surface area contributed by atoms with Crippen molar-refractivity contribution < 1.29 is 4.79 Å². The van der Waals surface area contributed by atoms with Gasteiger partial charge in [0.15, 0.2) is 0 Å². The lowest BCUT2D eigenvalue weighted by atomic mass is 9.98. The van der Waals surface area contributed by atoms with Crippen molar-refractivity contribution in [1.29, 1.82) is 0 Å². The lowest BCUT2D eigenvalue weighted by Crippen LogP contribution is -2.27. The highest BCUT2D eigenvalue weighted by atomic mass is 35.5. The lowest BCUT2D eigenvalue weighted by molar-refractivity contribution is 0.0711. The largest absolute Gasteiger partial charge is 0.276 e. The molecule has 0 saturated carbocycles. The van der Waals surface area contributed by atoms with Crippen molar-refractivity contribution >= 4 is 23.2 Å². The molecular formula is C22H17ClN2O. The highest BCUT2D eigenvalue weighted by molar-refractivity contribution is 6.33. The molecule has 0 fully saturated rings. The Balaban J connectivity index is 1.75. The molecule has 0 unspecified atom stereocenters. The Morgan fingerprint density at radius 2 is 1.50 bits per heavy atom. The van der Waals surface area contributed by atoms with E-state index < -0.39 is 0 Å². The van der Waals surface area contributed by atoms with Crippen LogP contribution in [0.2, 0.25) is 5.02 Å². The van der Waals surface area contributed by atoms with Crippen LogP contribution in [0, 0.1) is 0 Å². The number of rotatable bonds is 3. The van der Waals surface area contributed by atoms with E-state index in [-0.39, 0.29) is 11.9 Å². The van der Waals surface area contributed by atoms with Gasteiger partial charge in [-0.1, -0.05) is 84.4 Å². The summed E-state index contributed by atoms with van der Waals surface area (Å²) in [5.41, 5.74) is 3.46. The third kappa shape index (κ3) is 3.14. The van der Waals surface area contributed by atoms with Gasteiger partial charge in [-0.2, -0.15) is 5.10 Å². The number of hydrogen-bond donors (Lipinski definition) is 0. The molecule has 1 aliphatic rings. The van der Waals surface area contributed by atoms with E-state index in [9.17, 15) is 4.79 Å². The zero-order valence-electron chi connectivity index (χ0n) is 14.0. The van der Waals surface area contributed by atoms with Crippen molar-refractivity contribution in [2.24, 2.45) is 5.10 Å². The van der Waals surface area contributed by atoms with Crippen molar-refractivity contribution in [3.05, 3.63) is 107 Å². The summed E-state index contributed by atoms with van der Waals surface area (Å²) in [7, 11) is 0. The molecule has 0 spiro atoms. The van der Waals surface area contributed by atoms with Gasteiger partial charge in [0.05, 0.1) is 22.3 Å². The average molecular weight is 361 g/mol. The minimum atomic E-state index is -0.185. The molecule has 1 atom stereocenters. The van der Waals surface area contributed by atoms with E-state index in [1.807, 2.05) is 72.8 Å². The van der Waals surface area contributed by atoms with Crippen LogP contribution in [-0.4, -0.2) is 16.6 Å². The first-order valence-corrected chi connectivity index (χ1v) is 8.88. The van der Waals surface area contributed by atoms with Crippen molar-refractivity contribution in [2.45, 2.75) is 12.5 Å². The molecule has 1 amide bonds. The summed E-state index contributed by atoms with van der Waals surface area (Å²) in [4.78, 5) is 13.2. The predicted octanol–water partition coefficient (Wildman–Crippen LogP) is 5.33. The van der Waals surface area contributed by atoms with Gasteiger partial charge in [-0.05, 0) is 23.3 Å². The number of hydrazone groups is 1. The lowest BCUT2D eigenvalue weighted by Gasteiger charge is -2.22. The number of nitrogens with zero attached hydrogens (tertiary/aromatic N) is 2. The minimum absolute atomic E-state index is 0.143. The summed E-state index contributed by atoms with van der Waals surface area (Å²) in [6, 6.07) is 26.9. The Morgan fingerprint density at radius 3 is 2.19 bits per heavy atom. The number of hydrogen-bond acceptors (Lipinski definition) is 2. The van der Waals surface area contributed by atoms with Crippen molar-refractivity contribution in [3.8, 4) is 0 Å². The maximum absolute atomic E-state index is 13.2. The van der Waals surface area contributed by atoms with Crippen molar-refractivity contribution in [2.75, 3.05) is 0 Å². The summed E-state index contributed by atoms with van der Waals surface area (Å²) in [6.45, 7) is 0. The molecule has 0 radical (unpaired) electrons. The number of benzene rings is 3. The molecule has 0 aromatic heterocycles. The highest BCUT2D eigenvalue weighted by Gasteiger charge is 2.34. The fraction of sp³-hybridized carbons (Fsp3) is 0.0909. The second kappa shape index (κ2) is 7.14. The third-order valence-electron chi connectivity index (χ3n) is 4.51. The first-order valence-electron chi connectivity index (χ1n) is 8.50. The topological polar surface area (TPSA) is 32.7 Å². The van der Waals surface area contributed by atoms with Crippen molar-refractivity contribution in [3.63, 3.8) is 0 Å². The summed E-state index contributed by atoms with van der Waals surface area (Å²) >= 11 is 6.25. The summed E-state index contributed by atoms with van der Waals surface area (Å²) < 4.78 is 0. The fourth-order valence-electron chi connectivity index (χ4n) is 3.20. The van der Waals surface area contributed by atoms with Gasteiger partial charge >= 0.3 is 0 Å². The first-order chi connectivity index (χ1) is 12.7. The Hall–Kier alpha value is -2.91. The van der Waals surface area contributed by atoms with Gasteiger partial charge in [-0.3, -0.25) is 4.79 Å². The van der Waals surface area contributed by atoms with Crippen LogP contribution in [0.4, 0.5) is 0 Å². The molecular weight excluding hydrogens is 344 g/mol. The zero-order valence-corrected chi connectivity index (χ0v) is 14.8. The Morgan fingerprint density at radius 1 is 0.885 bits per heavy atom. The van der Waals surface area contributed by atoms with E-state index in [4.69, 9.17) is 11.6 Å². The van der Waals surface area contributed by atoms with Gasteiger partial charge < -0.3 is 0 Å². The standard InChI is InChI=1S/C22H17ClN2O/c23-19-14-8-7-13-18(19)22(26)25-21(17-11-5-2-6-12-17)15-20(24-25)16-9-3-1-4-10-16/h1-14,21H,15H2/t21-/m0/s1. The van der Waals surface area contributed by atoms with Crippen LogP contribution in [0.15, 0.2) is 90.0 Å². The van der Waals surface area contributed by atoms with E-state index in [0.29, 0.717) is 17.0 Å². The Bertz CT molecular complexity index is 954. The molecule has 0 bridgehead atoms. The third-order valence-corrected chi connectivity index (χ3v) is 4.84. The summed E-state index contributed by atoms with van der Waals surface area (Å²) in [5, 5.41) is 6.68. The summed E-state index contributed by atoms with van der Waals surface area (Å²) in [5.74, 6) is -0.185. The van der Waals surface area contributed by atoms with Crippen LogP contribution in [0.5, 0.6) is 0 Å². The van der Waals surface area contributed by atoms with Crippen LogP contribution in [0.3, 0.4) is 0 Å². The number of amides is 1. The number of carbonyl (C=O) groups is 1. The predicted molar refractivity (Wildman–Crippen MR) is 104 cm³/mol. The fourth-order valence-corrected chi connectivity index (χ4v) is 3.41. The normalized spacial score (nSPS) is 16.4. The van der Waals surface area contributed by atoms with Gasteiger partial charge in [0.2, 0.25) is 0 Å². The van der Waals surface area contributed by atoms with Crippen LogP contribution in [0.25, 0.3) is 0 Å². The van der Waals surface area contributed by atoms with Crippen molar-refractivity contribution in [1.82, 2.24) is 5.01 Å². The van der Waals surface area contributed by atoms with E-state index in [2.05, 4.69) is 5.10 Å². The molecule has 0 aliphatic carbocycles. The Labute approximate surface area is 157 Å². The zero-order chi connectivity index (χ0) is 17.9. The van der Waals surface area contributed by atoms with E-state index in [1.165, 1.54) is 0 Å². The van der Waals surface area contributed by atoms with Gasteiger partial charge in [-0.15, -0.1) is 0 Å². The van der Waals surface area contributed by atoms with Crippen LogP contribution in [0.1, 0.15) is 33.9 Å². The number of carbonyl (C=O) groups excluding carboxylic acids is 1. The summed E-state index contributed by atoms with van der Waals surface area (Å²) in [6.07, 6.45) is 0.671. The van der Waals surface area contributed by atoms with Crippen LogP contribution >= 0.6 is 11.6 Å². The number of halogens is 1. The first kappa shape index (κ1) is 16.6. The molecule has 3 aromatic carbocycles. The molecule has 0 N–H and O–H groups in total. The molecule has 1 aliphatic heterocycles. The van der Waals surface area contributed by atoms with Crippen LogP contribution in [-0.2, 0) is 0 Å². The molecule has 128 valence electrons. The van der Waals surface area contributed by atoms with Gasteiger partial charge in [-0.25, -0.2) is 5.01 Å². The SMILES string of the molecule is O=C(c1ccccc1Cl)N1N=C(c2ccccc2)C[C@H]1c1ccccc1. The second-order valence-electron chi connectivity index (χ2n) is 6.17. The van der Waals surface area contributed by atoms with E-state index >= 15 is 0 Å². The molecule has 1 heterocycles. The molecule has 4 rings (SSSR count).